The summed E-state index contributed by atoms with van der Waals surface area (Å²) >= 11 is 0. The summed E-state index contributed by atoms with van der Waals surface area (Å²) in [4.78, 5) is 31.5. The van der Waals surface area contributed by atoms with E-state index >= 15 is 0 Å². The summed E-state index contributed by atoms with van der Waals surface area (Å²) in [6.07, 6.45) is 0.0185. The number of aliphatic carboxylic acids is 2. The molecule has 0 aliphatic rings. The highest BCUT2D eigenvalue weighted by Gasteiger charge is 2.21. The average molecular weight is 435 g/mol. The van der Waals surface area contributed by atoms with E-state index in [-0.39, 0.29) is 55.6 Å². The molecule has 0 fully saturated rings. The molecule has 0 bridgehead atoms. The highest BCUT2D eigenvalue weighted by molar-refractivity contribution is 5.74. The van der Waals surface area contributed by atoms with Gasteiger partial charge in [-0.3, -0.25) is 14.4 Å². The maximum Gasteiger partial charge on any atom is 0.305 e. The lowest BCUT2D eigenvalue weighted by atomic mass is 10.2. The Balaban J connectivity index is -0.000000187. The van der Waals surface area contributed by atoms with Crippen LogP contribution in [0.25, 0.3) is 0 Å². The van der Waals surface area contributed by atoms with Crippen molar-refractivity contribution in [3.63, 3.8) is 0 Å². The SMILES string of the molecule is CC(=O)N[C@@H](CC(=O)O)C[N+](C)(C)C.C[N+](C)(C)C[C@@H](N)CC(=O)O.[Cl-].[Cl-]. The number of carboxylic acids is 2. The Morgan fingerprint density at radius 1 is 0.852 bits per heavy atom. The summed E-state index contributed by atoms with van der Waals surface area (Å²) in [5.41, 5.74) is 5.56. The van der Waals surface area contributed by atoms with Gasteiger partial charge in [0.25, 0.3) is 0 Å². The zero-order valence-electron chi connectivity index (χ0n) is 17.3. The number of likely N-dealkylation sites (N-methyl/N-ethyl adjacent to an activating group) is 2. The summed E-state index contributed by atoms with van der Waals surface area (Å²) < 4.78 is 1.33. The van der Waals surface area contributed by atoms with Gasteiger partial charge in [-0.05, 0) is 0 Å². The summed E-state index contributed by atoms with van der Waals surface area (Å²) in [6, 6.07) is -0.544. The van der Waals surface area contributed by atoms with Gasteiger partial charge in [-0.1, -0.05) is 0 Å². The van der Waals surface area contributed by atoms with Crippen LogP contribution >= 0.6 is 0 Å². The number of nitrogens with one attached hydrogen (secondary N) is 1. The molecule has 9 nitrogen and oxygen atoms in total. The molecule has 0 radical (unpaired) electrons. The summed E-state index contributed by atoms with van der Waals surface area (Å²) in [5, 5.41) is 19.7. The predicted molar refractivity (Wildman–Crippen MR) is 95.9 cm³/mol. The van der Waals surface area contributed by atoms with Crippen molar-refractivity contribution in [2.75, 3.05) is 55.4 Å². The Bertz CT molecular complexity index is 435. The molecular formula is C16H36Cl2N4O5. The van der Waals surface area contributed by atoms with Crippen LogP contribution in [0.15, 0.2) is 0 Å². The highest BCUT2D eigenvalue weighted by Crippen LogP contribution is 2.00. The van der Waals surface area contributed by atoms with Crippen molar-refractivity contribution in [2.24, 2.45) is 5.73 Å². The molecule has 0 heterocycles. The van der Waals surface area contributed by atoms with Crippen molar-refractivity contribution >= 4 is 17.8 Å². The molecule has 0 aromatic rings. The zero-order chi connectivity index (χ0) is 20.4. The molecule has 0 saturated carbocycles. The van der Waals surface area contributed by atoms with Gasteiger partial charge in [0.1, 0.15) is 0 Å². The van der Waals surface area contributed by atoms with Gasteiger partial charge in [0.05, 0.1) is 80.3 Å². The number of carbonyl (C=O) groups is 3. The van der Waals surface area contributed by atoms with Crippen LogP contribution in [0.4, 0.5) is 0 Å². The van der Waals surface area contributed by atoms with Crippen molar-refractivity contribution in [2.45, 2.75) is 31.8 Å². The van der Waals surface area contributed by atoms with E-state index in [9.17, 15) is 14.4 Å². The van der Waals surface area contributed by atoms with E-state index in [1.807, 2.05) is 42.3 Å². The topological polar surface area (TPSA) is 130 Å². The zero-order valence-corrected chi connectivity index (χ0v) is 18.8. The van der Waals surface area contributed by atoms with Gasteiger partial charge in [0, 0.05) is 6.92 Å². The highest BCUT2D eigenvalue weighted by atomic mass is 35.5. The molecule has 0 unspecified atom stereocenters. The monoisotopic (exact) mass is 434 g/mol. The minimum Gasteiger partial charge on any atom is -1.00 e. The largest absolute Gasteiger partial charge is 1.00 e. The minimum atomic E-state index is -0.891. The molecule has 0 aliphatic heterocycles. The normalized spacial score (nSPS) is 12.9. The van der Waals surface area contributed by atoms with Crippen LogP contribution in [0.3, 0.4) is 0 Å². The maximum atomic E-state index is 10.8. The first-order chi connectivity index (χ1) is 11.0. The molecule has 164 valence electrons. The van der Waals surface area contributed by atoms with E-state index in [1.54, 1.807) is 0 Å². The molecule has 11 heteroatoms. The summed E-state index contributed by atoms with van der Waals surface area (Å²) in [5.74, 6) is -1.91. The third-order valence-electron chi connectivity index (χ3n) is 2.82. The fourth-order valence-electron chi connectivity index (χ4n) is 2.31. The van der Waals surface area contributed by atoms with Crippen LogP contribution < -0.4 is 35.9 Å². The van der Waals surface area contributed by atoms with E-state index in [2.05, 4.69) is 5.32 Å². The van der Waals surface area contributed by atoms with Crippen LogP contribution in [-0.4, -0.2) is 104 Å². The van der Waals surface area contributed by atoms with Crippen LogP contribution in [0.5, 0.6) is 0 Å². The number of halogens is 2. The minimum absolute atomic E-state index is 0. The second-order valence-corrected chi connectivity index (χ2v) is 8.30. The number of carbonyl (C=O) groups excluding carboxylic acids is 1. The average Bonchev–Trinajstić information content (AvgIpc) is 2.19. The number of amides is 1. The maximum absolute atomic E-state index is 10.8. The van der Waals surface area contributed by atoms with E-state index in [0.29, 0.717) is 22.1 Å². The Labute approximate surface area is 174 Å². The Hall–Kier alpha value is -1.13. The molecule has 5 N–H and O–H groups in total. The van der Waals surface area contributed by atoms with E-state index < -0.39 is 11.9 Å². The fraction of sp³-hybridized carbons (Fsp3) is 0.812. The fourth-order valence-corrected chi connectivity index (χ4v) is 2.31. The molecule has 0 aromatic heterocycles. The van der Waals surface area contributed by atoms with E-state index in [1.165, 1.54) is 6.92 Å². The number of carboxylic acid groups (broad SMARTS) is 2. The van der Waals surface area contributed by atoms with Crippen molar-refractivity contribution in [1.82, 2.24) is 5.32 Å². The van der Waals surface area contributed by atoms with E-state index in [4.69, 9.17) is 15.9 Å². The number of nitrogens with zero attached hydrogens (tertiary/aromatic N) is 2. The number of hydrogen-bond acceptors (Lipinski definition) is 4. The lowest BCUT2D eigenvalue weighted by Gasteiger charge is -2.28. The Morgan fingerprint density at radius 2 is 1.22 bits per heavy atom. The van der Waals surface area contributed by atoms with Gasteiger partial charge in [-0.25, -0.2) is 0 Å². The number of hydrogen-bond donors (Lipinski definition) is 4. The summed E-state index contributed by atoms with van der Waals surface area (Å²) in [6.45, 7) is 2.68. The van der Waals surface area contributed by atoms with Gasteiger partial charge in [0.15, 0.2) is 0 Å². The molecule has 0 rings (SSSR count). The standard InChI is InChI=1S/C9H18N2O3.C7H16N2O2.2ClH/c1-7(12)10-8(5-9(13)14)6-11(2,3)4;1-9(2,3)5-6(8)4-7(10)11;;/h8H,5-6H2,1-4H3,(H-,10,12,13,14);6H,4-5,8H2,1-3H3;2*1H/t8-;6-;;/m00../s1. The molecule has 0 aliphatic carbocycles. The van der Waals surface area contributed by atoms with E-state index in [0.717, 1.165) is 0 Å². The smallest absolute Gasteiger partial charge is 0.305 e. The number of quaternary nitrogens is 2. The van der Waals surface area contributed by atoms with Crippen LogP contribution in [0.2, 0.25) is 0 Å². The van der Waals surface area contributed by atoms with Crippen LogP contribution in [-0.2, 0) is 14.4 Å². The Morgan fingerprint density at radius 3 is 1.48 bits per heavy atom. The molecule has 2 atom stereocenters. The second-order valence-electron chi connectivity index (χ2n) is 8.30. The van der Waals surface area contributed by atoms with Gasteiger partial charge in [-0.15, -0.1) is 0 Å². The second kappa shape index (κ2) is 14.9. The third kappa shape index (κ3) is 29.9. The molecule has 0 aromatic carbocycles. The number of nitrogens with two attached hydrogens (primary N) is 1. The quantitative estimate of drug-likeness (QED) is 0.267. The van der Waals surface area contributed by atoms with Crippen molar-refractivity contribution < 1.29 is 58.4 Å². The Kier molecular flexibility index (Phi) is 18.4. The van der Waals surface area contributed by atoms with Crippen molar-refractivity contribution in [3.05, 3.63) is 0 Å². The van der Waals surface area contributed by atoms with Crippen molar-refractivity contribution in [1.29, 1.82) is 0 Å². The van der Waals surface area contributed by atoms with Gasteiger partial charge in [-0.2, -0.15) is 0 Å². The van der Waals surface area contributed by atoms with Gasteiger partial charge in [0.2, 0.25) is 5.91 Å². The molecule has 27 heavy (non-hydrogen) atoms. The number of rotatable bonds is 9. The summed E-state index contributed by atoms with van der Waals surface area (Å²) in [7, 11) is 11.8. The first-order valence-electron chi connectivity index (χ1n) is 8.09. The van der Waals surface area contributed by atoms with Gasteiger partial charge >= 0.3 is 11.9 Å². The third-order valence-corrected chi connectivity index (χ3v) is 2.82. The van der Waals surface area contributed by atoms with Crippen molar-refractivity contribution in [3.8, 4) is 0 Å². The molecule has 0 spiro atoms. The lowest BCUT2D eigenvalue weighted by molar-refractivity contribution is -0.871. The first kappa shape index (κ1) is 33.5. The molecule has 1 amide bonds. The van der Waals surface area contributed by atoms with Gasteiger partial charge < -0.3 is 55.0 Å². The lowest BCUT2D eigenvalue weighted by Crippen LogP contribution is -3.00. The van der Waals surface area contributed by atoms with Crippen LogP contribution in [0.1, 0.15) is 19.8 Å². The molecule has 0 saturated heterocycles. The molecular weight excluding hydrogens is 399 g/mol. The predicted octanol–water partition coefficient (Wildman–Crippen LogP) is -6.83. The van der Waals surface area contributed by atoms with Crippen LogP contribution in [0, 0.1) is 0 Å². The first-order valence-corrected chi connectivity index (χ1v) is 8.09.